The molecule has 10 heteroatoms. The summed E-state index contributed by atoms with van der Waals surface area (Å²) in [7, 11) is -3.57. The topological polar surface area (TPSA) is 121 Å². The van der Waals surface area contributed by atoms with E-state index in [1.54, 1.807) is 18.2 Å². The fraction of sp³-hybridized carbons (Fsp3) is 0.433. The zero-order valence-electron chi connectivity index (χ0n) is 23.2. The molecule has 1 saturated heterocycles. The number of aromatic nitrogens is 2. The molecule has 2 aliphatic rings. The number of hydrogen-bond acceptors (Lipinski definition) is 8. The van der Waals surface area contributed by atoms with E-state index in [-0.39, 0.29) is 17.9 Å². The molecule has 0 unspecified atom stereocenters. The third-order valence-corrected chi connectivity index (χ3v) is 8.91. The highest BCUT2D eigenvalue weighted by molar-refractivity contribution is 7.89. The van der Waals surface area contributed by atoms with E-state index in [4.69, 9.17) is 9.26 Å². The van der Waals surface area contributed by atoms with Crippen LogP contribution in [0, 0.1) is 17.2 Å². The molecule has 0 radical (unpaired) electrons. The molecular weight excluding hydrogens is 526 g/mol. The van der Waals surface area contributed by atoms with Crippen LogP contribution in [0.5, 0.6) is 5.75 Å². The van der Waals surface area contributed by atoms with Gasteiger partial charge < -0.3 is 14.2 Å². The monoisotopic (exact) mass is 561 g/mol. The molecule has 40 heavy (non-hydrogen) atoms. The Balaban J connectivity index is 1.32. The molecule has 2 heterocycles. The Morgan fingerprint density at radius 1 is 1.25 bits per heavy atom. The Morgan fingerprint density at radius 3 is 2.75 bits per heavy atom. The van der Waals surface area contributed by atoms with Crippen LogP contribution in [0.4, 0.5) is 0 Å². The first-order valence-electron chi connectivity index (χ1n) is 13.7. The number of hydrogen-bond donors (Lipinski definition) is 1. The summed E-state index contributed by atoms with van der Waals surface area (Å²) in [6, 6.07) is 12.8. The van der Waals surface area contributed by atoms with E-state index in [0.29, 0.717) is 53.0 Å². The summed E-state index contributed by atoms with van der Waals surface area (Å²) >= 11 is 0. The van der Waals surface area contributed by atoms with E-state index in [0.717, 1.165) is 42.6 Å². The van der Waals surface area contributed by atoms with Gasteiger partial charge in [0, 0.05) is 36.0 Å². The molecule has 1 aromatic heterocycles. The van der Waals surface area contributed by atoms with Gasteiger partial charge in [-0.05, 0) is 74.8 Å². The second kappa shape index (κ2) is 11.4. The highest BCUT2D eigenvalue weighted by atomic mass is 32.2. The van der Waals surface area contributed by atoms with Crippen LogP contribution in [-0.4, -0.2) is 48.4 Å². The maximum atomic E-state index is 13.1. The second-order valence-corrected chi connectivity index (χ2v) is 12.7. The predicted octanol–water partition coefficient (Wildman–Crippen LogP) is 5.21. The van der Waals surface area contributed by atoms with Gasteiger partial charge in [-0.3, -0.25) is 0 Å². The quantitative estimate of drug-likeness (QED) is 0.378. The van der Waals surface area contributed by atoms with Gasteiger partial charge in [0.05, 0.1) is 11.7 Å². The maximum absolute atomic E-state index is 13.1. The van der Waals surface area contributed by atoms with Crippen molar-refractivity contribution in [2.24, 2.45) is 5.92 Å². The zero-order valence-corrected chi connectivity index (χ0v) is 24.0. The van der Waals surface area contributed by atoms with Crippen molar-refractivity contribution in [2.45, 2.75) is 58.6 Å². The summed E-state index contributed by atoms with van der Waals surface area (Å²) in [5, 5.41) is 13.8. The minimum absolute atomic E-state index is 0.0566. The summed E-state index contributed by atoms with van der Waals surface area (Å²) in [4.78, 5) is 6.70. The molecule has 5 rings (SSSR count). The first-order chi connectivity index (χ1) is 19.1. The van der Waals surface area contributed by atoms with Gasteiger partial charge in [-0.2, -0.15) is 10.2 Å². The number of fused-ring (bicyclic) bond motifs is 1. The molecule has 0 amide bonds. The van der Waals surface area contributed by atoms with Crippen molar-refractivity contribution >= 4 is 10.0 Å². The Kier molecular flexibility index (Phi) is 7.97. The summed E-state index contributed by atoms with van der Waals surface area (Å²) < 4.78 is 40.4. The first-order valence-corrected chi connectivity index (χ1v) is 15.4. The van der Waals surface area contributed by atoms with Crippen LogP contribution in [0.15, 0.2) is 53.2 Å². The first kappa shape index (κ1) is 27.9. The Morgan fingerprint density at radius 2 is 2.02 bits per heavy atom. The van der Waals surface area contributed by atoms with Crippen molar-refractivity contribution in [1.82, 2.24) is 19.8 Å². The van der Waals surface area contributed by atoms with E-state index >= 15 is 0 Å². The van der Waals surface area contributed by atoms with Crippen LogP contribution in [0.1, 0.15) is 62.8 Å². The number of nitrogens with zero attached hydrogens (tertiary/aromatic N) is 4. The van der Waals surface area contributed by atoms with E-state index in [1.165, 1.54) is 0 Å². The van der Waals surface area contributed by atoms with E-state index in [2.05, 4.69) is 39.3 Å². The molecule has 1 atom stereocenters. The van der Waals surface area contributed by atoms with Gasteiger partial charge in [0.2, 0.25) is 15.8 Å². The number of sulfonamides is 1. The lowest BCUT2D eigenvalue weighted by atomic mass is 9.99. The molecule has 1 fully saturated rings. The summed E-state index contributed by atoms with van der Waals surface area (Å²) in [5.41, 5.74) is 4.39. The van der Waals surface area contributed by atoms with Gasteiger partial charge in [0.25, 0.3) is 5.89 Å². The molecule has 1 aliphatic heterocycles. The SMILES string of the molecule is C=C(CS(=O)(=O)N[C@H]1CCc2c(-c3noc(-c4ccc(OC(C)C)c(C#N)c4)n3)cccc21)N1CCC(C)CC1. The summed E-state index contributed by atoms with van der Waals surface area (Å²) in [6.45, 7) is 11.8. The summed E-state index contributed by atoms with van der Waals surface area (Å²) in [6.07, 6.45) is 3.39. The van der Waals surface area contributed by atoms with Crippen LogP contribution in [0.25, 0.3) is 22.8 Å². The second-order valence-electron chi connectivity index (χ2n) is 11.0. The van der Waals surface area contributed by atoms with E-state index in [9.17, 15) is 13.7 Å². The standard InChI is InChI=1S/C30H35N5O4S/c1-19(2)38-28-11-8-22(16-23(28)17-31)30-32-29(33-39-30)26-7-5-6-25-24(26)9-10-27(25)34-40(36,37)18-21(4)35-14-12-20(3)13-15-35/h5-8,11,16,19-20,27,34H,4,9-10,12-15,18H2,1-3H3/t27-/m0/s1. The highest BCUT2D eigenvalue weighted by Gasteiger charge is 2.30. The Hall–Kier alpha value is -3.68. The molecule has 3 aromatic rings. The van der Waals surface area contributed by atoms with Gasteiger partial charge in [0.1, 0.15) is 17.6 Å². The largest absolute Gasteiger partial charge is 0.490 e. The van der Waals surface area contributed by atoms with Crippen LogP contribution in [-0.2, 0) is 16.4 Å². The highest BCUT2D eigenvalue weighted by Crippen LogP contribution is 2.38. The summed E-state index contributed by atoms with van der Waals surface area (Å²) in [5.74, 6) is 1.78. The average molecular weight is 562 g/mol. The molecule has 1 aliphatic carbocycles. The van der Waals surface area contributed by atoms with Crippen molar-refractivity contribution in [3.05, 3.63) is 65.4 Å². The molecule has 0 spiro atoms. The fourth-order valence-electron chi connectivity index (χ4n) is 5.44. The van der Waals surface area contributed by atoms with Gasteiger partial charge in [0.15, 0.2) is 0 Å². The number of piperidine rings is 1. The van der Waals surface area contributed by atoms with Gasteiger partial charge in [-0.15, -0.1) is 0 Å². The van der Waals surface area contributed by atoms with Crippen molar-refractivity contribution in [2.75, 3.05) is 18.8 Å². The Bertz CT molecular complexity index is 1550. The fourth-order valence-corrected chi connectivity index (χ4v) is 6.82. The third kappa shape index (κ3) is 6.06. The zero-order chi connectivity index (χ0) is 28.4. The minimum Gasteiger partial charge on any atom is -0.490 e. The molecule has 9 nitrogen and oxygen atoms in total. The van der Waals surface area contributed by atoms with Crippen LogP contribution in [0.3, 0.4) is 0 Å². The van der Waals surface area contributed by atoms with Crippen LogP contribution in [0.2, 0.25) is 0 Å². The van der Waals surface area contributed by atoms with Crippen LogP contribution < -0.4 is 9.46 Å². The molecular formula is C30H35N5O4S. The number of nitrogens with one attached hydrogen (secondary N) is 1. The third-order valence-electron chi connectivity index (χ3n) is 7.56. The number of nitriles is 1. The predicted molar refractivity (Wildman–Crippen MR) is 153 cm³/mol. The van der Waals surface area contributed by atoms with Gasteiger partial charge >= 0.3 is 0 Å². The maximum Gasteiger partial charge on any atom is 0.258 e. The minimum atomic E-state index is -3.57. The lowest BCUT2D eigenvalue weighted by molar-refractivity contribution is 0.239. The molecule has 2 aromatic carbocycles. The number of benzene rings is 2. The van der Waals surface area contributed by atoms with Crippen LogP contribution >= 0.6 is 0 Å². The molecule has 210 valence electrons. The van der Waals surface area contributed by atoms with Crippen molar-refractivity contribution in [3.8, 4) is 34.7 Å². The van der Waals surface area contributed by atoms with Gasteiger partial charge in [-0.25, -0.2) is 13.1 Å². The lowest BCUT2D eigenvalue weighted by Gasteiger charge is -2.33. The molecule has 1 N–H and O–H groups in total. The van der Waals surface area contributed by atoms with E-state index < -0.39 is 10.0 Å². The smallest absolute Gasteiger partial charge is 0.258 e. The molecule has 0 saturated carbocycles. The van der Waals surface area contributed by atoms with E-state index in [1.807, 2.05) is 32.0 Å². The van der Waals surface area contributed by atoms with Gasteiger partial charge in [-0.1, -0.05) is 36.9 Å². The normalized spacial score (nSPS) is 17.6. The van der Waals surface area contributed by atoms with Crippen molar-refractivity contribution in [3.63, 3.8) is 0 Å². The molecule has 0 bridgehead atoms. The van der Waals surface area contributed by atoms with Crippen molar-refractivity contribution in [1.29, 1.82) is 5.26 Å². The number of rotatable bonds is 9. The number of likely N-dealkylation sites (tertiary alicyclic amines) is 1. The van der Waals surface area contributed by atoms with Crippen molar-refractivity contribution < 1.29 is 17.7 Å². The average Bonchev–Trinajstić information content (AvgIpc) is 3.56. The Labute approximate surface area is 235 Å². The lowest BCUT2D eigenvalue weighted by Crippen LogP contribution is -2.37. The number of ether oxygens (including phenoxy) is 1.